The molecule has 1 aromatic heterocycles. The van der Waals surface area contributed by atoms with Crippen molar-refractivity contribution in [2.75, 3.05) is 20.6 Å². The molecule has 0 radical (unpaired) electrons. The van der Waals surface area contributed by atoms with Crippen LogP contribution in [0.25, 0.3) is 0 Å². The SMILES string of the molecule is CNCc1ccc(S(=O)(=O)NCC(C)N(C)C2CC2)nc1. The number of likely N-dealkylation sites (N-methyl/N-ethyl adjacent to an activating group) is 1. The minimum atomic E-state index is -3.53. The van der Waals surface area contributed by atoms with Crippen LogP contribution in [0.15, 0.2) is 23.4 Å². The molecule has 118 valence electrons. The fourth-order valence-electron chi connectivity index (χ4n) is 2.17. The van der Waals surface area contributed by atoms with Crippen LogP contribution in [0.3, 0.4) is 0 Å². The summed E-state index contributed by atoms with van der Waals surface area (Å²) in [5, 5.41) is 3.07. The number of hydrogen-bond donors (Lipinski definition) is 2. The van der Waals surface area contributed by atoms with Gasteiger partial charge < -0.3 is 5.32 Å². The standard InChI is InChI=1S/C14H24N4O2S/c1-11(18(3)13-5-6-13)8-17-21(19,20)14-7-4-12(9-15-2)10-16-14/h4,7,10-11,13,15,17H,5-6,8-9H2,1-3H3. The first-order valence-corrected chi connectivity index (χ1v) is 8.73. The van der Waals surface area contributed by atoms with Crippen LogP contribution in [-0.2, 0) is 16.6 Å². The monoisotopic (exact) mass is 312 g/mol. The Labute approximate surface area is 127 Å². The first kappa shape index (κ1) is 16.4. The zero-order valence-corrected chi connectivity index (χ0v) is 13.7. The van der Waals surface area contributed by atoms with E-state index in [-0.39, 0.29) is 11.1 Å². The quantitative estimate of drug-likeness (QED) is 0.734. The summed E-state index contributed by atoms with van der Waals surface area (Å²) in [5.74, 6) is 0. The smallest absolute Gasteiger partial charge is 0.258 e. The molecular weight excluding hydrogens is 288 g/mol. The molecule has 0 aliphatic heterocycles. The van der Waals surface area contributed by atoms with Gasteiger partial charge in [0, 0.05) is 31.4 Å². The van der Waals surface area contributed by atoms with E-state index in [2.05, 4.69) is 19.9 Å². The Hall–Kier alpha value is -1.02. The predicted octanol–water partition coefficient (Wildman–Crippen LogP) is 0.562. The molecule has 21 heavy (non-hydrogen) atoms. The highest BCUT2D eigenvalue weighted by atomic mass is 32.2. The van der Waals surface area contributed by atoms with Crippen molar-refractivity contribution in [1.82, 2.24) is 19.9 Å². The molecule has 2 rings (SSSR count). The highest BCUT2D eigenvalue weighted by Crippen LogP contribution is 2.26. The molecule has 0 bridgehead atoms. The van der Waals surface area contributed by atoms with Gasteiger partial charge in [-0.1, -0.05) is 6.07 Å². The van der Waals surface area contributed by atoms with Crippen molar-refractivity contribution in [2.24, 2.45) is 0 Å². The molecule has 1 fully saturated rings. The first-order valence-electron chi connectivity index (χ1n) is 7.25. The minimum absolute atomic E-state index is 0.0728. The molecule has 7 heteroatoms. The van der Waals surface area contributed by atoms with Crippen LogP contribution in [0.5, 0.6) is 0 Å². The number of hydrogen-bond acceptors (Lipinski definition) is 5. The highest BCUT2D eigenvalue weighted by molar-refractivity contribution is 7.89. The number of nitrogens with one attached hydrogen (secondary N) is 2. The molecule has 0 spiro atoms. The van der Waals surface area contributed by atoms with E-state index in [1.54, 1.807) is 18.3 Å². The van der Waals surface area contributed by atoms with Crippen molar-refractivity contribution in [3.05, 3.63) is 23.9 Å². The maximum atomic E-state index is 12.2. The van der Waals surface area contributed by atoms with Gasteiger partial charge in [0.2, 0.25) is 0 Å². The van der Waals surface area contributed by atoms with Gasteiger partial charge in [0.1, 0.15) is 0 Å². The number of aromatic nitrogens is 1. The van der Waals surface area contributed by atoms with Gasteiger partial charge in [-0.25, -0.2) is 18.1 Å². The largest absolute Gasteiger partial charge is 0.316 e. The summed E-state index contributed by atoms with van der Waals surface area (Å²) in [6, 6.07) is 4.11. The van der Waals surface area contributed by atoms with E-state index in [0.717, 1.165) is 5.56 Å². The third-order valence-corrected chi connectivity index (χ3v) is 5.18. The Morgan fingerprint density at radius 3 is 2.67 bits per heavy atom. The molecule has 1 aliphatic carbocycles. The molecule has 1 aliphatic rings. The molecule has 1 heterocycles. The highest BCUT2D eigenvalue weighted by Gasteiger charge is 2.29. The van der Waals surface area contributed by atoms with Gasteiger partial charge in [0.15, 0.2) is 5.03 Å². The zero-order chi connectivity index (χ0) is 15.5. The fourth-order valence-corrected chi connectivity index (χ4v) is 3.22. The van der Waals surface area contributed by atoms with Crippen molar-refractivity contribution < 1.29 is 8.42 Å². The summed E-state index contributed by atoms with van der Waals surface area (Å²) in [6.45, 7) is 3.10. The van der Waals surface area contributed by atoms with Crippen molar-refractivity contribution in [1.29, 1.82) is 0 Å². The second-order valence-electron chi connectivity index (χ2n) is 5.63. The number of rotatable bonds is 8. The molecule has 2 N–H and O–H groups in total. The van der Waals surface area contributed by atoms with Crippen molar-refractivity contribution in [3.8, 4) is 0 Å². The second-order valence-corrected chi connectivity index (χ2v) is 7.35. The summed E-state index contributed by atoms with van der Waals surface area (Å²) in [7, 11) is 0.346. The Balaban J connectivity index is 1.94. The van der Waals surface area contributed by atoms with Crippen LogP contribution in [0.4, 0.5) is 0 Å². The second kappa shape index (κ2) is 6.83. The predicted molar refractivity (Wildman–Crippen MR) is 82.4 cm³/mol. The lowest BCUT2D eigenvalue weighted by Crippen LogP contribution is -2.41. The summed E-state index contributed by atoms with van der Waals surface area (Å²) in [6.07, 6.45) is 4.01. The molecule has 0 saturated heterocycles. The van der Waals surface area contributed by atoms with E-state index < -0.39 is 10.0 Å². The van der Waals surface area contributed by atoms with Crippen LogP contribution >= 0.6 is 0 Å². The Kier molecular flexibility index (Phi) is 5.32. The normalized spacial score (nSPS) is 17.1. The summed E-state index contributed by atoms with van der Waals surface area (Å²) < 4.78 is 27.1. The van der Waals surface area contributed by atoms with Gasteiger partial charge in [-0.05, 0) is 45.5 Å². The van der Waals surface area contributed by atoms with Gasteiger partial charge in [0.05, 0.1) is 0 Å². The first-order chi connectivity index (χ1) is 9.94. The minimum Gasteiger partial charge on any atom is -0.316 e. The molecule has 1 saturated carbocycles. The van der Waals surface area contributed by atoms with E-state index >= 15 is 0 Å². The van der Waals surface area contributed by atoms with E-state index in [4.69, 9.17) is 0 Å². The lowest BCUT2D eigenvalue weighted by molar-refractivity contribution is 0.248. The van der Waals surface area contributed by atoms with Gasteiger partial charge in [-0.3, -0.25) is 4.90 Å². The third-order valence-electron chi connectivity index (χ3n) is 3.84. The summed E-state index contributed by atoms with van der Waals surface area (Å²) >= 11 is 0. The van der Waals surface area contributed by atoms with E-state index in [1.165, 1.54) is 12.8 Å². The lowest BCUT2D eigenvalue weighted by Gasteiger charge is -2.24. The molecule has 1 atom stereocenters. The number of sulfonamides is 1. The van der Waals surface area contributed by atoms with Crippen LogP contribution in [-0.4, -0.2) is 51.0 Å². The van der Waals surface area contributed by atoms with Crippen molar-refractivity contribution in [2.45, 2.75) is 43.4 Å². The number of nitrogens with zero attached hydrogens (tertiary/aromatic N) is 2. The van der Waals surface area contributed by atoms with E-state index in [1.807, 2.05) is 21.0 Å². The molecule has 1 aromatic rings. The van der Waals surface area contributed by atoms with Crippen LogP contribution in [0, 0.1) is 0 Å². The lowest BCUT2D eigenvalue weighted by atomic mass is 10.3. The fraction of sp³-hybridized carbons (Fsp3) is 0.643. The van der Waals surface area contributed by atoms with Crippen LogP contribution < -0.4 is 10.0 Å². The summed E-state index contributed by atoms with van der Waals surface area (Å²) in [5.41, 5.74) is 0.957. The van der Waals surface area contributed by atoms with Crippen molar-refractivity contribution >= 4 is 10.0 Å². The average Bonchev–Trinajstić information content (AvgIpc) is 3.29. The van der Waals surface area contributed by atoms with E-state index in [0.29, 0.717) is 19.1 Å². The molecule has 6 nitrogen and oxygen atoms in total. The topological polar surface area (TPSA) is 74.3 Å². The zero-order valence-electron chi connectivity index (χ0n) is 12.8. The van der Waals surface area contributed by atoms with Gasteiger partial charge >= 0.3 is 0 Å². The molecule has 0 amide bonds. The average molecular weight is 312 g/mol. The molecular formula is C14H24N4O2S. The van der Waals surface area contributed by atoms with Gasteiger partial charge in [-0.2, -0.15) is 0 Å². The maximum absolute atomic E-state index is 12.2. The van der Waals surface area contributed by atoms with E-state index in [9.17, 15) is 8.42 Å². The summed E-state index contributed by atoms with van der Waals surface area (Å²) in [4.78, 5) is 6.26. The Morgan fingerprint density at radius 2 is 2.14 bits per heavy atom. The van der Waals surface area contributed by atoms with Crippen LogP contribution in [0.2, 0.25) is 0 Å². The Morgan fingerprint density at radius 1 is 1.43 bits per heavy atom. The van der Waals surface area contributed by atoms with Gasteiger partial charge in [-0.15, -0.1) is 0 Å². The van der Waals surface area contributed by atoms with Crippen molar-refractivity contribution in [3.63, 3.8) is 0 Å². The van der Waals surface area contributed by atoms with Gasteiger partial charge in [0.25, 0.3) is 10.0 Å². The maximum Gasteiger partial charge on any atom is 0.258 e. The number of pyridine rings is 1. The molecule has 0 aromatic carbocycles. The third kappa shape index (κ3) is 4.47. The Bertz CT molecular complexity index is 555. The van der Waals surface area contributed by atoms with Crippen LogP contribution in [0.1, 0.15) is 25.3 Å². The molecule has 1 unspecified atom stereocenters.